The molecule has 32 heavy (non-hydrogen) atoms. The molecule has 8 nitrogen and oxygen atoms in total. The quantitative estimate of drug-likeness (QED) is 0.610. The molecular formula is C21H21F3N6O2. The van der Waals surface area contributed by atoms with E-state index in [1.807, 2.05) is 26.0 Å². The van der Waals surface area contributed by atoms with Gasteiger partial charge in [0, 0.05) is 18.9 Å². The largest absolute Gasteiger partial charge is 0.458 e. The minimum absolute atomic E-state index is 0.151. The molecule has 2 aromatic heterocycles. The summed E-state index contributed by atoms with van der Waals surface area (Å²) in [6.07, 6.45) is 0.764. The maximum Gasteiger partial charge on any atom is 0.419 e. The summed E-state index contributed by atoms with van der Waals surface area (Å²) in [5, 5.41) is 8.29. The first-order valence-corrected chi connectivity index (χ1v) is 10.1. The molecule has 0 N–H and O–H groups in total. The van der Waals surface area contributed by atoms with E-state index < -0.39 is 17.8 Å². The fraction of sp³-hybridized carbons (Fsp3) is 0.381. The van der Waals surface area contributed by atoms with Crippen LogP contribution in [-0.2, 0) is 6.18 Å². The van der Waals surface area contributed by atoms with Crippen LogP contribution < -0.4 is 4.74 Å². The summed E-state index contributed by atoms with van der Waals surface area (Å²) < 4.78 is 44.0. The maximum absolute atomic E-state index is 13.5. The standard InChI is InChI=1S/C21H21F3N6O2/c1-13-5-3-6-16(30-27-8-9-28-30)18(13)19(31)29-10-4-7-17(14(29)2)32-20-25-11-15(12-26-20)21(22,23)24/h3,5-6,8-9,11-12,14,17H,4,7,10H2,1-2H3/t14-,17+/m0/s1. The first kappa shape index (κ1) is 21.7. The Hall–Kier alpha value is -3.50. The Kier molecular flexibility index (Phi) is 5.81. The number of amides is 1. The highest BCUT2D eigenvalue weighted by atomic mass is 19.4. The van der Waals surface area contributed by atoms with Gasteiger partial charge >= 0.3 is 12.2 Å². The highest BCUT2D eigenvalue weighted by molar-refractivity contribution is 5.99. The molecule has 1 amide bonds. The second-order valence-electron chi connectivity index (χ2n) is 7.58. The highest BCUT2D eigenvalue weighted by Gasteiger charge is 2.36. The van der Waals surface area contributed by atoms with E-state index in [1.54, 1.807) is 11.0 Å². The molecule has 1 aliphatic rings. The van der Waals surface area contributed by atoms with Crippen LogP contribution in [0.5, 0.6) is 6.01 Å². The molecule has 3 heterocycles. The Morgan fingerprint density at radius 1 is 1.16 bits per heavy atom. The van der Waals surface area contributed by atoms with Gasteiger partial charge in [-0.2, -0.15) is 28.2 Å². The third-order valence-electron chi connectivity index (χ3n) is 5.49. The number of benzene rings is 1. The van der Waals surface area contributed by atoms with E-state index in [2.05, 4.69) is 20.2 Å². The van der Waals surface area contributed by atoms with E-state index in [4.69, 9.17) is 4.74 Å². The van der Waals surface area contributed by atoms with Crippen molar-refractivity contribution in [2.45, 2.75) is 45.0 Å². The van der Waals surface area contributed by atoms with Gasteiger partial charge in [-0.05, 0) is 38.3 Å². The number of carbonyl (C=O) groups is 1. The lowest BCUT2D eigenvalue weighted by molar-refractivity contribution is -0.138. The number of alkyl halides is 3. The molecule has 4 rings (SSSR count). The zero-order valence-corrected chi connectivity index (χ0v) is 17.5. The minimum Gasteiger partial charge on any atom is -0.458 e. The maximum atomic E-state index is 13.5. The summed E-state index contributed by atoms with van der Waals surface area (Å²) in [6.45, 7) is 4.21. The van der Waals surface area contributed by atoms with Crippen LogP contribution in [-0.4, -0.2) is 54.5 Å². The van der Waals surface area contributed by atoms with Crippen LogP contribution in [0.25, 0.3) is 5.69 Å². The number of hydrogen-bond acceptors (Lipinski definition) is 6. The van der Waals surface area contributed by atoms with Crippen molar-refractivity contribution in [2.24, 2.45) is 0 Å². The summed E-state index contributed by atoms with van der Waals surface area (Å²) in [6, 6.07) is 4.96. The van der Waals surface area contributed by atoms with Crippen molar-refractivity contribution in [1.82, 2.24) is 29.9 Å². The number of piperidine rings is 1. The van der Waals surface area contributed by atoms with Crippen molar-refractivity contribution in [3.05, 3.63) is 59.7 Å². The Morgan fingerprint density at radius 2 is 1.84 bits per heavy atom. The van der Waals surface area contributed by atoms with E-state index in [0.717, 1.165) is 5.56 Å². The van der Waals surface area contributed by atoms with Crippen molar-refractivity contribution in [1.29, 1.82) is 0 Å². The van der Waals surface area contributed by atoms with Crippen molar-refractivity contribution in [3.63, 3.8) is 0 Å². The lowest BCUT2D eigenvalue weighted by Gasteiger charge is -2.39. The van der Waals surface area contributed by atoms with Crippen LogP contribution in [0.3, 0.4) is 0 Å². The van der Waals surface area contributed by atoms with Crippen LogP contribution in [0.4, 0.5) is 13.2 Å². The number of carbonyl (C=O) groups excluding carboxylic acids is 1. The van der Waals surface area contributed by atoms with Gasteiger partial charge in [-0.1, -0.05) is 12.1 Å². The summed E-state index contributed by atoms with van der Waals surface area (Å²) in [5.41, 5.74) is 0.895. The number of likely N-dealkylation sites (tertiary alicyclic amines) is 1. The zero-order chi connectivity index (χ0) is 22.9. The van der Waals surface area contributed by atoms with Crippen molar-refractivity contribution in [3.8, 4) is 11.7 Å². The predicted molar refractivity (Wildman–Crippen MR) is 107 cm³/mol. The Bertz CT molecular complexity index is 1090. The fourth-order valence-corrected chi connectivity index (χ4v) is 3.79. The number of hydrogen-bond donors (Lipinski definition) is 0. The van der Waals surface area contributed by atoms with Gasteiger partial charge in [0.15, 0.2) is 0 Å². The number of rotatable bonds is 4. The fourth-order valence-electron chi connectivity index (χ4n) is 3.79. The predicted octanol–water partition coefficient (Wildman–Crippen LogP) is 3.46. The normalized spacial score (nSPS) is 19.1. The smallest absolute Gasteiger partial charge is 0.419 e. The Morgan fingerprint density at radius 3 is 2.50 bits per heavy atom. The van der Waals surface area contributed by atoms with E-state index >= 15 is 0 Å². The molecule has 1 aliphatic heterocycles. The average molecular weight is 446 g/mol. The first-order valence-electron chi connectivity index (χ1n) is 10.1. The topological polar surface area (TPSA) is 86.0 Å². The Balaban J connectivity index is 1.55. The molecule has 0 spiro atoms. The van der Waals surface area contributed by atoms with Crippen molar-refractivity contribution < 1.29 is 22.7 Å². The van der Waals surface area contributed by atoms with Gasteiger partial charge in [0.25, 0.3) is 5.91 Å². The lowest BCUT2D eigenvalue weighted by Crippen LogP contribution is -2.51. The van der Waals surface area contributed by atoms with E-state index in [0.29, 0.717) is 43.0 Å². The molecule has 0 bridgehead atoms. The van der Waals surface area contributed by atoms with Gasteiger partial charge < -0.3 is 9.64 Å². The van der Waals surface area contributed by atoms with Crippen molar-refractivity contribution in [2.75, 3.05) is 6.54 Å². The molecule has 0 aliphatic carbocycles. The van der Waals surface area contributed by atoms with Crippen LogP contribution in [0.1, 0.15) is 41.3 Å². The molecule has 3 aromatic rings. The van der Waals surface area contributed by atoms with Gasteiger partial charge in [-0.25, -0.2) is 9.97 Å². The summed E-state index contributed by atoms with van der Waals surface area (Å²) in [7, 11) is 0. The third-order valence-corrected chi connectivity index (χ3v) is 5.49. The van der Waals surface area contributed by atoms with E-state index in [9.17, 15) is 18.0 Å². The van der Waals surface area contributed by atoms with E-state index in [1.165, 1.54) is 17.2 Å². The molecule has 2 atom stereocenters. The molecule has 11 heteroatoms. The number of halogens is 3. The highest BCUT2D eigenvalue weighted by Crippen LogP contribution is 2.29. The van der Waals surface area contributed by atoms with Crippen molar-refractivity contribution >= 4 is 5.91 Å². The van der Waals surface area contributed by atoms with Crippen LogP contribution in [0.15, 0.2) is 43.0 Å². The molecule has 0 radical (unpaired) electrons. The number of ether oxygens (including phenoxy) is 1. The first-order chi connectivity index (χ1) is 15.3. The molecule has 1 aromatic carbocycles. The van der Waals surface area contributed by atoms with Crippen LogP contribution in [0.2, 0.25) is 0 Å². The molecule has 0 saturated carbocycles. The lowest BCUT2D eigenvalue weighted by atomic mass is 9.97. The van der Waals surface area contributed by atoms with Gasteiger partial charge in [-0.15, -0.1) is 0 Å². The van der Waals surface area contributed by atoms with Gasteiger partial charge in [0.1, 0.15) is 6.10 Å². The Labute approximate surface area is 182 Å². The monoisotopic (exact) mass is 446 g/mol. The molecule has 1 fully saturated rings. The zero-order valence-electron chi connectivity index (χ0n) is 17.5. The molecule has 0 unspecified atom stereocenters. The van der Waals surface area contributed by atoms with E-state index in [-0.39, 0.29) is 18.0 Å². The molecular weight excluding hydrogens is 425 g/mol. The minimum atomic E-state index is -4.52. The number of nitrogens with zero attached hydrogens (tertiary/aromatic N) is 6. The SMILES string of the molecule is Cc1cccc(-n2nccn2)c1C(=O)N1CCC[C@@H](Oc2ncc(C(F)(F)F)cn2)[C@@H]1C. The van der Waals surface area contributed by atoms with Gasteiger partial charge in [0.05, 0.1) is 35.2 Å². The van der Waals surface area contributed by atoms with Crippen LogP contribution in [0, 0.1) is 6.92 Å². The average Bonchev–Trinajstić information content (AvgIpc) is 3.29. The van der Waals surface area contributed by atoms with Gasteiger partial charge in [-0.3, -0.25) is 4.79 Å². The number of aryl methyl sites for hydroxylation is 1. The summed E-state index contributed by atoms with van der Waals surface area (Å²) in [5.74, 6) is -0.190. The molecule has 168 valence electrons. The second kappa shape index (κ2) is 8.56. The van der Waals surface area contributed by atoms with Crippen LogP contribution >= 0.6 is 0 Å². The molecule has 1 saturated heterocycles. The van der Waals surface area contributed by atoms with Gasteiger partial charge in [0.2, 0.25) is 0 Å². The second-order valence-corrected chi connectivity index (χ2v) is 7.58. The number of aromatic nitrogens is 5. The summed E-state index contributed by atoms with van der Waals surface area (Å²) >= 11 is 0. The third kappa shape index (κ3) is 4.27. The summed E-state index contributed by atoms with van der Waals surface area (Å²) in [4.78, 5) is 24.0.